The van der Waals surface area contributed by atoms with Gasteiger partial charge in [0, 0.05) is 25.2 Å². The molecule has 1 aliphatic carbocycles. The summed E-state index contributed by atoms with van der Waals surface area (Å²) in [6.45, 7) is 3.56. The number of aromatic nitrogens is 2. The highest BCUT2D eigenvalue weighted by atomic mass is 79.9. The molecule has 1 amide bonds. The summed E-state index contributed by atoms with van der Waals surface area (Å²) in [7, 11) is 0. The molecule has 1 saturated carbocycles. The number of hydrogen-bond acceptors (Lipinski definition) is 2. The highest BCUT2D eigenvalue weighted by Gasteiger charge is 2.20. The molecule has 0 bridgehead atoms. The minimum atomic E-state index is 0.248. The Morgan fingerprint density at radius 1 is 1.47 bits per heavy atom. The van der Waals surface area contributed by atoms with Gasteiger partial charge in [0.2, 0.25) is 5.91 Å². The minimum absolute atomic E-state index is 0.248. The van der Waals surface area contributed by atoms with Crippen LogP contribution < -0.4 is 5.32 Å². The van der Waals surface area contributed by atoms with Crippen molar-refractivity contribution in [1.82, 2.24) is 15.1 Å². The summed E-state index contributed by atoms with van der Waals surface area (Å²) < 4.78 is 2.96. The molecule has 4 nitrogen and oxygen atoms in total. The molecule has 1 aliphatic rings. The van der Waals surface area contributed by atoms with Crippen LogP contribution in [-0.4, -0.2) is 22.2 Å². The smallest absolute Gasteiger partial charge is 0.223 e. The second-order valence-electron chi connectivity index (χ2n) is 5.31. The van der Waals surface area contributed by atoms with Crippen molar-refractivity contribution in [3.8, 4) is 0 Å². The number of nitrogens with one attached hydrogen (secondary N) is 1. The molecule has 1 fully saturated rings. The molecule has 1 N–H and O–H groups in total. The maximum atomic E-state index is 11.9. The number of carbonyl (C=O) groups is 1. The second-order valence-corrected chi connectivity index (χ2v) is 6.16. The lowest BCUT2D eigenvalue weighted by molar-refractivity contribution is -0.125. The van der Waals surface area contributed by atoms with E-state index in [0.717, 1.165) is 42.5 Å². The summed E-state index contributed by atoms with van der Waals surface area (Å²) in [5, 5.41) is 7.43. The Hall–Kier alpha value is -0.840. The first-order chi connectivity index (χ1) is 9.16. The van der Waals surface area contributed by atoms with E-state index in [2.05, 4.69) is 26.3 Å². The molecular weight excluding hydrogens is 306 g/mol. The van der Waals surface area contributed by atoms with E-state index in [1.165, 1.54) is 19.3 Å². The SMILES string of the molecule is Cc1nn(CCCNC(=O)C2CCCCC2)cc1Br. The Bertz CT molecular complexity index is 405. The van der Waals surface area contributed by atoms with Crippen LogP contribution in [0.25, 0.3) is 0 Å². The van der Waals surface area contributed by atoms with E-state index < -0.39 is 0 Å². The monoisotopic (exact) mass is 327 g/mol. The molecule has 0 saturated heterocycles. The zero-order chi connectivity index (χ0) is 13.7. The number of aryl methyl sites for hydroxylation is 2. The third kappa shape index (κ3) is 4.34. The van der Waals surface area contributed by atoms with Gasteiger partial charge in [-0.05, 0) is 42.1 Å². The fraction of sp³-hybridized carbons (Fsp3) is 0.714. The minimum Gasteiger partial charge on any atom is -0.356 e. The van der Waals surface area contributed by atoms with Crippen LogP contribution in [0.15, 0.2) is 10.7 Å². The van der Waals surface area contributed by atoms with Crippen molar-refractivity contribution in [2.75, 3.05) is 6.54 Å². The van der Waals surface area contributed by atoms with E-state index in [1.807, 2.05) is 17.8 Å². The molecule has 2 rings (SSSR count). The third-order valence-electron chi connectivity index (χ3n) is 3.73. The topological polar surface area (TPSA) is 46.9 Å². The number of rotatable bonds is 5. The van der Waals surface area contributed by atoms with Gasteiger partial charge in [-0.25, -0.2) is 0 Å². The largest absolute Gasteiger partial charge is 0.356 e. The molecule has 1 heterocycles. The lowest BCUT2D eigenvalue weighted by atomic mass is 9.89. The average Bonchev–Trinajstić information content (AvgIpc) is 2.74. The van der Waals surface area contributed by atoms with Crippen LogP contribution in [0.5, 0.6) is 0 Å². The van der Waals surface area contributed by atoms with E-state index in [9.17, 15) is 4.79 Å². The first-order valence-electron chi connectivity index (χ1n) is 7.14. The molecule has 106 valence electrons. The maximum absolute atomic E-state index is 11.9. The lowest BCUT2D eigenvalue weighted by Gasteiger charge is -2.20. The van der Waals surface area contributed by atoms with Crippen LogP contribution >= 0.6 is 15.9 Å². The molecular formula is C14H22BrN3O. The van der Waals surface area contributed by atoms with Crippen molar-refractivity contribution in [3.05, 3.63) is 16.4 Å². The van der Waals surface area contributed by atoms with Crippen molar-refractivity contribution >= 4 is 21.8 Å². The van der Waals surface area contributed by atoms with E-state index >= 15 is 0 Å². The zero-order valence-electron chi connectivity index (χ0n) is 11.5. The number of hydrogen-bond donors (Lipinski definition) is 1. The highest BCUT2D eigenvalue weighted by molar-refractivity contribution is 9.10. The van der Waals surface area contributed by atoms with Gasteiger partial charge in [-0.15, -0.1) is 0 Å². The molecule has 0 radical (unpaired) electrons. The Kier molecular flexibility index (Phi) is 5.43. The predicted octanol–water partition coefficient (Wildman–Crippen LogP) is 3.04. The molecule has 1 aromatic rings. The predicted molar refractivity (Wildman–Crippen MR) is 78.9 cm³/mol. The number of carbonyl (C=O) groups excluding carboxylic acids is 1. The van der Waals surface area contributed by atoms with Crippen LogP contribution in [0.1, 0.15) is 44.2 Å². The van der Waals surface area contributed by atoms with Gasteiger partial charge < -0.3 is 5.32 Å². The molecule has 0 aromatic carbocycles. The normalized spacial score (nSPS) is 16.5. The number of nitrogens with zero attached hydrogens (tertiary/aromatic N) is 2. The summed E-state index contributed by atoms with van der Waals surface area (Å²) in [6.07, 6.45) is 8.74. The van der Waals surface area contributed by atoms with Gasteiger partial charge in [0.25, 0.3) is 0 Å². The van der Waals surface area contributed by atoms with Crippen molar-refractivity contribution in [3.63, 3.8) is 0 Å². The molecule has 0 atom stereocenters. The summed E-state index contributed by atoms with van der Waals surface area (Å²) >= 11 is 3.45. The molecule has 5 heteroatoms. The molecule has 0 aliphatic heterocycles. The maximum Gasteiger partial charge on any atom is 0.223 e. The summed E-state index contributed by atoms with van der Waals surface area (Å²) in [4.78, 5) is 11.9. The quantitative estimate of drug-likeness (QED) is 0.845. The summed E-state index contributed by atoms with van der Waals surface area (Å²) in [5.41, 5.74) is 1.01. The van der Waals surface area contributed by atoms with Gasteiger partial charge >= 0.3 is 0 Å². The van der Waals surface area contributed by atoms with E-state index in [0.29, 0.717) is 0 Å². The highest BCUT2D eigenvalue weighted by Crippen LogP contribution is 2.23. The Balaban J connectivity index is 1.64. The van der Waals surface area contributed by atoms with Crippen LogP contribution in [0.4, 0.5) is 0 Å². The van der Waals surface area contributed by atoms with Gasteiger partial charge in [0.1, 0.15) is 0 Å². The van der Waals surface area contributed by atoms with Gasteiger partial charge in [-0.1, -0.05) is 19.3 Å². The average molecular weight is 328 g/mol. The summed E-state index contributed by atoms with van der Waals surface area (Å²) in [5.74, 6) is 0.507. The first kappa shape index (κ1) is 14.6. The lowest BCUT2D eigenvalue weighted by Crippen LogP contribution is -2.32. The van der Waals surface area contributed by atoms with Gasteiger partial charge in [-0.3, -0.25) is 9.48 Å². The molecule has 0 spiro atoms. The van der Waals surface area contributed by atoms with Crippen molar-refractivity contribution in [2.45, 2.75) is 52.0 Å². The Morgan fingerprint density at radius 2 is 2.21 bits per heavy atom. The Morgan fingerprint density at radius 3 is 2.84 bits per heavy atom. The van der Waals surface area contributed by atoms with Gasteiger partial charge in [0.05, 0.1) is 10.2 Å². The first-order valence-corrected chi connectivity index (χ1v) is 7.93. The third-order valence-corrected chi connectivity index (χ3v) is 4.50. The Labute approximate surface area is 123 Å². The van der Waals surface area contributed by atoms with Gasteiger partial charge in [-0.2, -0.15) is 5.10 Å². The van der Waals surface area contributed by atoms with Crippen molar-refractivity contribution in [1.29, 1.82) is 0 Å². The van der Waals surface area contributed by atoms with Crippen LogP contribution in [-0.2, 0) is 11.3 Å². The molecule has 1 aromatic heterocycles. The molecule has 19 heavy (non-hydrogen) atoms. The van der Waals surface area contributed by atoms with Crippen LogP contribution in [0.3, 0.4) is 0 Å². The van der Waals surface area contributed by atoms with Crippen molar-refractivity contribution in [2.24, 2.45) is 5.92 Å². The molecule has 0 unspecified atom stereocenters. The van der Waals surface area contributed by atoms with Gasteiger partial charge in [0.15, 0.2) is 0 Å². The fourth-order valence-electron chi connectivity index (χ4n) is 2.57. The fourth-order valence-corrected chi connectivity index (χ4v) is 2.89. The van der Waals surface area contributed by atoms with E-state index in [4.69, 9.17) is 0 Å². The number of amides is 1. The van der Waals surface area contributed by atoms with E-state index in [1.54, 1.807) is 0 Å². The number of halogens is 1. The van der Waals surface area contributed by atoms with Crippen LogP contribution in [0, 0.1) is 12.8 Å². The van der Waals surface area contributed by atoms with Crippen molar-refractivity contribution < 1.29 is 4.79 Å². The standard InChI is InChI=1S/C14H22BrN3O/c1-11-13(15)10-18(17-11)9-5-8-16-14(19)12-6-3-2-4-7-12/h10,12H,2-9H2,1H3,(H,16,19). The summed E-state index contributed by atoms with van der Waals surface area (Å²) in [6, 6.07) is 0. The van der Waals surface area contributed by atoms with E-state index in [-0.39, 0.29) is 11.8 Å². The van der Waals surface area contributed by atoms with Crippen LogP contribution in [0.2, 0.25) is 0 Å². The zero-order valence-corrected chi connectivity index (χ0v) is 13.1. The second kappa shape index (κ2) is 7.08.